The maximum atomic E-state index is 5.45. The average molecular weight is 182 g/mol. The third-order valence-corrected chi connectivity index (χ3v) is 1.59. The van der Waals surface area contributed by atoms with Crippen LogP contribution < -0.4 is 15.2 Å². The van der Waals surface area contributed by atoms with E-state index in [1.54, 1.807) is 7.11 Å². The van der Waals surface area contributed by atoms with Crippen molar-refractivity contribution in [2.75, 3.05) is 13.7 Å². The zero-order chi connectivity index (χ0) is 9.68. The summed E-state index contributed by atoms with van der Waals surface area (Å²) >= 11 is 0. The van der Waals surface area contributed by atoms with Gasteiger partial charge in [0.05, 0.1) is 7.11 Å². The van der Waals surface area contributed by atoms with E-state index in [4.69, 9.17) is 9.47 Å². The number of quaternary nitrogens is 1. The SMILES string of the molecule is COc1ccc(OC[C@@H](C)[NH3+])cc1. The van der Waals surface area contributed by atoms with Gasteiger partial charge >= 0.3 is 0 Å². The molecule has 72 valence electrons. The molecular weight excluding hydrogens is 166 g/mol. The van der Waals surface area contributed by atoms with E-state index in [1.807, 2.05) is 31.2 Å². The molecule has 0 heterocycles. The molecule has 3 N–H and O–H groups in total. The van der Waals surface area contributed by atoms with Crippen molar-refractivity contribution in [2.45, 2.75) is 13.0 Å². The van der Waals surface area contributed by atoms with Crippen LogP contribution in [0.2, 0.25) is 0 Å². The van der Waals surface area contributed by atoms with Gasteiger partial charge in [-0.05, 0) is 31.2 Å². The Hall–Kier alpha value is -1.22. The Morgan fingerprint density at radius 3 is 2.23 bits per heavy atom. The fourth-order valence-electron chi connectivity index (χ4n) is 0.910. The summed E-state index contributed by atoms with van der Waals surface area (Å²) in [5, 5.41) is 0. The second-order valence-corrected chi connectivity index (χ2v) is 3.09. The number of methoxy groups -OCH3 is 1. The van der Waals surface area contributed by atoms with Gasteiger partial charge in [0.25, 0.3) is 0 Å². The fraction of sp³-hybridized carbons (Fsp3) is 0.400. The van der Waals surface area contributed by atoms with Crippen LogP contribution in [-0.2, 0) is 0 Å². The van der Waals surface area contributed by atoms with Gasteiger partial charge in [0.15, 0.2) is 0 Å². The molecule has 0 fully saturated rings. The number of ether oxygens (including phenoxy) is 2. The third kappa shape index (κ3) is 3.34. The van der Waals surface area contributed by atoms with Gasteiger partial charge in [-0.2, -0.15) is 0 Å². The normalized spacial score (nSPS) is 12.2. The molecule has 3 nitrogen and oxygen atoms in total. The van der Waals surface area contributed by atoms with Crippen molar-refractivity contribution in [1.29, 1.82) is 0 Å². The molecule has 0 aliphatic heterocycles. The molecule has 0 aromatic heterocycles. The summed E-state index contributed by atoms with van der Waals surface area (Å²) < 4.78 is 10.5. The fourth-order valence-corrected chi connectivity index (χ4v) is 0.910. The van der Waals surface area contributed by atoms with Gasteiger partial charge in [0, 0.05) is 0 Å². The highest BCUT2D eigenvalue weighted by molar-refractivity contribution is 5.31. The molecule has 13 heavy (non-hydrogen) atoms. The molecule has 1 atom stereocenters. The molecule has 0 saturated carbocycles. The summed E-state index contributed by atoms with van der Waals surface area (Å²) in [5.74, 6) is 1.70. The lowest BCUT2D eigenvalue weighted by atomic mass is 10.3. The molecular formula is C10H16NO2+. The highest BCUT2D eigenvalue weighted by atomic mass is 16.5. The molecule has 0 radical (unpaired) electrons. The predicted octanol–water partition coefficient (Wildman–Crippen LogP) is 0.704. The lowest BCUT2D eigenvalue weighted by Gasteiger charge is -2.07. The number of rotatable bonds is 4. The van der Waals surface area contributed by atoms with Gasteiger partial charge in [0.1, 0.15) is 24.1 Å². The topological polar surface area (TPSA) is 46.1 Å². The smallest absolute Gasteiger partial charge is 0.139 e. The molecule has 1 aromatic rings. The lowest BCUT2D eigenvalue weighted by Crippen LogP contribution is -2.61. The first-order valence-corrected chi connectivity index (χ1v) is 4.32. The van der Waals surface area contributed by atoms with Crippen LogP contribution in [0.15, 0.2) is 24.3 Å². The Balaban J connectivity index is 2.49. The molecule has 1 aromatic carbocycles. The Kier molecular flexibility index (Phi) is 3.58. The van der Waals surface area contributed by atoms with E-state index in [9.17, 15) is 0 Å². The van der Waals surface area contributed by atoms with E-state index >= 15 is 0 Å². The minimum atomic E-state index is 0.308. The van der Waals surface area contributed by atoms with E-state index in [0.29, 0.717) is 12.6 Å². The molecule has 1 rings (SSSR count). The lowest BCUT2D eigenvalue weighted by molar-refractivity contribution is -0.417. The van der Waals surface area contributed by atoms with Gasteiger partial charge < -0.3 is 15.2 Å². The quantitative estimate of drug-likeness (QED) is 0.745. The highest BCUT2D eigenvalue weighted by Crippen LogP contribution is 2.16. The highest BCUT2D eigenvalue weighted by Gasteiger charge is 1.99. The van der Waals surface area contributed by atoms with Crippen LogP contribution >= 0.6 is 0 Å². The van der Waals surface area contributed by atoms with Crippen LogP contribution in [0.4, 0.5) is 0 Å². The molecule has 0 aliphatic rings. The zero-order valence-electron chi connectivity index (χ0n) is 8.12. The summed E-state index contributed by atoms with van der Waals surface area (Å²) in [6.07, 6.45) is 0. The van der Waals surface area contributed by atoms with Crippen LogP contribution in [-0.4, -0.2) is 19.8 Å². The van der Waals surface area contributed by atoms with Crippen molar-refractivity contribution in [2.24, 2.45) is 0 Å². The van der Waals surface area contributed by atoms with Crippen molar-refractivity contribution in [3.8, 4) is 11.5 Å². The summed E-state index contributed by atoms with van der Waals surface area (Å²) in [4.78, 5) is 0. The van der Waals surface area contributed by atoms with Crippen molar-refractivity contribution in [1.82, 2.24) is 0 Å². The largest absolute Gasteiger partial charge is 0.497 e. The molecule has 3 heteroatoms. The Labute approximate surface area is 78.5 Å². The molecule has 0 saturated heterocycles. The van der Waals surface area contributed by atoms with Gasteiger partial charge in [-0.25, -0.2) is 0 Å². The summed E-state index contributed by atoms with van der Waals surface area (Å²) in [5.41, 5.74) is 3.84. The van der Waals surface area contributed by atoms with E-state index in [0.717, 1.165) is 11.5 Å². The number of benzene rings is 1. The minimum Gasteiger partial charge on any atom is -0.497 e. The van der Waals surface area contributed by atoms with Gasteiger partial charge in [-0.1, -0.05) is 0 Å². The summed E-state index contributed by atoms with van der Waals surface area (Å²) in [6, 6.07) is 7.84. The molecule has 0 unspecified atom stereocenters. The first-order valence-electron chi connectivity index (χ1n) is 4.32. The van der Waals surface area contributed by atoms with Crippen molar-refractivity contribution in [3.63, 3.8) is 0 Å². The molecule has 0 aliphatic carbocycles. The Morgan fingerprint density at radius 1 is 1.23 bits per heavy atom. The zero-order valence-corrected chi connectivity index (χ0v) is 8.12. The number of hydrogen-bond acceptors (Lipinski definition) is 2. The standard InChI is InChI=1S/C10H15NO2/c1-8(11)7-13-10-5-3-9(12-2)4-6-10/h3-6,8H,7,11H2,1-2H3/p+1/t8-/m1/s1. The van der Waals surface area contributed by atoms with Crippen LogP contribution in [0.25, 0.3) is 0 Å². The van der Waals surface area contributed by atoms with E-state index in [1.165, 1.54) is 0 Å². The van der Waals surface area contributed by atoms with Crippen molar-refractivity contribution >= 4 is 0 Å². The number of hydrogen-bond donors (Lipinski definition) is 1. The average Bonchev–Trinajstić information content (AvgIpc) is 2.15. The van der Waals surface area contributed by atoms with Crippen LogP contribution in [0.1, 0.15) is 6.92 Å². The van der Waals surface area contributed by atoms with Gasteiger partial charge in [-0.3, -0.25) is 0 Å². The maximum Gasteiger partial charge on any atom is 0.139 e. The molecule has 0 spiro atoms. The summed E-state index contributed by atoms with van der Waals surface area (Å²) in [7, 11) is 1.65. The van der Waals surface area contributed by atoms with Gasteiger partial charge in [0.2, 0.25) is 0 Å². The Bertz CT molecular complexity index is 244. The van der Waals surface area contributed by atoms with E-state index in [2.05, 4.69) is 5.73 Å². The van der Waals surface area contributed by atoms with Gasteiger partial charge in [-0.15, -0.1) is 0 Å². The first-order chi connectivity index (χ1) is 6.22. The van der Waals surface area contributed by atoms with Crippen LogP contribution in [0.3, 0.4) is 0 Å². The molecule has 0 amide bonds. The van der Waals surface area contributed by atoms with E-state index in [-0.39, 0.29) is 0 Å². The van der Waals surface area contributed by atoms with E-state index < -0.39 is 0 Å². The third-order valence-electron chi connectivity index (χ3n) is 1.59. The Morgan fingerprint density at radius 2 is 1.77 bits per heavy atom. The second kappa shape index (κ2) is 4.72. The van der Waals surface area contributed by atoms with Crippen molar-refractivity contribution in [3.05, 3.63) is 24.3 Å². The van der Waals surface area contributed by atoms with Crippen LogP contribution in [0, 0.1) is 0 Å². The first kappa shape index (κ1) is 9.86. The minimum absolute atomic E-state index is 0.308. The maximum absolute atomic E-state index is 5.45. The molecule has 0 bridgehead atoms. The summed E-state index contributed by atoms with van der Waals surface area (Å²) in [6.45, 7) is 2.66. The predicted molar refractivity (Wildman–Crippen MR) is 50.8 cm³/mol. The van der Waals surface area contributed by atoms with Crippen LogP contribution in [0.5, 0.6) is 11.5 Å². The monoisotopic (exact) mass is 182 g/mol. The second-order valence-electron chi connectivity index (χ2n) is 3.09. The van der Waals surface area contributed by atoms with Crippen molar-refractivity contribution < 1.29 is 15.2 Å².